The largest absolute Gasteiger partial charge is 0.383 e. The molecule has 0 radical (unpaired) electrons. The Balaban J connectivity index is 1.84. The minimum Gasteiger partial charge on any atom is -0.383 e. The molecule has 122 valence electrons. The molecule has 1 aromatic rings. The first-order valence-corrected chi connectivity index (χ1v) is 8.22. The third-order valence-corrected chi connectivity index (χ3v) is 4.33. The Labute approximate surface area is 132 Å². The zero-order valence-corrected chi connectivity index (χ0v) is 13.6. The Hall–Kier alpha value is -1.62. The number of carbonyl (C=O) groups is 1. The van der Waals surface area contributed by atoms with E-state index in [0.717, 1.165) is 11.7 Å². The first-order valence-electron chi connectivity index (χ1n) is 8.22. The van der Waals surface area contributed by atoms with E-state index in [0.29, 0.717) is 24.8 Å². The highest BCUT2D eigenvalue weighted by Crippen LogP contribution is 2.28. The van der Waals surface area contributed by atoms with Gasteiger partial charge in [0.2, 0.25) is 0 Å². The summed E-state index contributed by atoms with van der Waals surface area (Å²) in [5.41, 5.74) is 0.580. The number of anilines is 1. The molecular formula is C17H27N3O2. The van der Waals surface area contributed by atoms with E-state index in [9.17, 15) is 4.79 Å². The summed E-state index contributed by atoms with van der Waals surface area (Å²) in [5, 5.41) is 6.29. The molecule has 0 saturated heterocycles. The maximum Gasteiger partial charge on any atom is 0.252 e. The minimum absolute atomic E-state index is 0.111. The van der Waals surface area contributed by atoms with Crippen LogP contribution in [0, 0.1) is 5.92 Å². The number of hydrogen-bond donors (Lipinski definition) is 2. The lowest BCUT2D eigenvalue weighted by Crippen LogP contribution is -2.28. The summed E-state index contributed by atoms with van der Waals surface area (Å²) in [7, 11) is 1.61. The summed E-state index contributed by atoms with van der Waals surface area (Å²) < 4.78 is 4.91. The lowest BCUT2D eigenvalue weighted by Gasteiger charge is -2.29. The van der Waals surface area contributed by atoms with E-state index in [4.69, 9.17) is 4.74 Å². The molecule has 1 heterocycles. The fraction of sp³-hybridized carbons (Fsp3) is 0.647. The molecule has 1 aliphatic carbocycles. The highest BCUT2D eigenvalue weighted by atomic mass is 16.5. The monoisotopic (exact) mass is 305 g/mol. The molecular weight excluding hydrogens is 278 g/mol. The summed E-state index contributed by atoms with van der Waals surface area (Å²) in [6.07, 6.45) is 7.95. The number of aromatic nitrogens is 1. The fourth-order valence-corrected chi connectivity index (χ4v) is 2.98. The predicted octanol–water partition coefficient (Wildman–Crippen LogP) is 2.84. The van der Waals surface area contributed by atoms with Gasteiger partial charge < -0.3 is 15.4 Å². The topological polar surface area (TPSA) is 63.2 Å². The normalized spacial score (nSPS) is 21.4. The van der Waals surface area contributed by atoms with Gasteiger partial charge in [-0.25, -0.2) is 4.98 Å². The lowest BCUT2D eigenvalue weighted by molar-refractivity contribution is 0.0937. The molecule has 22 heavy (non-hydrogen) atoms. The molecule has 1 aliphatic rings. The van der Waals surface area contributed by atoms with Crippen molar-refractivity contribution in [3.63, 3.8) is 0 Å². The second-order valence-electron chi connectivity index (χ2n) is 5.96. The van der Waals surface area contributed by atoms with E-state index < -0.39 is 0 Å². The van der Waals surface area contributed by atoms with Crippen molar-refractivity contribution in [3.8, 4) is 0 Å². The molecule has 0 bridgehead atoms. The van der Waals surface area contributed by atoms with Crippen LogP contribution >= 0.6 is 0 Å². The van der Waals surface area contributed by atoms with Crippen molar-refractivity contribution in [1.29, 1.82) is 0 Å². The average molecular weight is 305 g/mol. The molecule has 2 rings (SSSR count). The van der Waals surface area contributed by atoms with Gasteiger partial charge in [-0.3, -0.25) is 4.79 Å². The fourth-order valence-electron chi connectivity index (χ4n) is 2.98. The second-order valence-corrected chi connectivity index (χ2v) is 5.96. The first kappa shape index (κ1) is 16.7. The Kier molecular flexibility index (Phi) is 6.65. The van der Waals surface area contributed by atoms with Crippen LogP contribution in [0.25, 0.3) is 0 Å². The minimum atomic E-state index is -0.111. The molecule has 0 aromatic carbocycles. The number of nitrogens with zero attached hydrogens (tertiary/aromatic N) is 1. The molecule has 5 heteroatoms. The molecule has 1 aromatic heterocycles. The van der Waals surface area contributed by atoms with Gasteiger partial charge in [0.05, 0.1) is 12.2 Å². The van der Waals surface area contributed by atoms with Crippen LogP contribution in [0.5, 0.6) is 0 Å². The van der Waals surface area contributed by atoms with Crippen molar-refractivity contribution >= 4 is 11.7 Å². The quantitative estimate of drug-likeness (QED) is 0.760. The summed E-state index contributed by atoms with van der Waals surface area (Å²) >= 11 is 0. The smallest absolute Gasteiger partial charge is 0.252 e. The molecule has 5 nitrogen and oxygen atoms in total. The zero-order chi connectivity index (χ0) is 15.8. The Bertz CT molecular complexity index is 461. The number of pyridine rings is 1. The summed E-state index contributed by atoms with van der Waals surface area (Å²) in [5.74, 6) is 1.58. The van der Waals surface area contributed by atoms with Crippen LogP contribution in [0.2, 0.25) is 0 Å². The lowest BCUT2D eigenvalue weighted by atomic mass is 9.84. The number of amides is 1. The van der Waals surface area contributed by atoms with Crippen molar-refractivity contribution < 1.29 is 9.53 Å². The van der Waals surface area contributed by atoms with Crippen LogP contribution in [-0.2, 0) is 4.74 Å². The van der Waals surface area contributed by atoms with Gasteiger partial charge in [0.25, 0.3) is 5.91 Å². The van der Waals surface area contributed by atoms with Gasteiger partial charge in [-0.1, -0.05) is 26.2 Å². The van der Waals surface area contributed by atoms with E-state index in [1.807, 2.05) is 12.1 Å². The van der Waals surface area contributed by atoms with E-state index in [1.54, 1.807) is 13.3 Å². The number of nitrogens with one attached hydrogen (secondary N) is 2. The second kappa shape index (κ2) is 8.73. The van der Waals surface area contributed by atoms with Crippen LogP contribution in [0.4, 0.5) is 5.82 Å². The number of methoxy groups -OCH3 is 1. The Morgan fingerprint density at radius 3 is 2.95 bits per heavy atom. The number of rotatable bonds is 7. The SMILES string of the molecule is CCC1CCCC(Nc2ccc(C(=O)NCCOC)cn2)C1. The van der Waals surface area contributed by atoms with Gasteiger partial charge in [0, 0.05) is 25.9 Å². The van der Waals surface area contributed by atoms with Gasteiger partial charge in [0.15, 0.2) is 0 Å². The van der Waals surface area contributed by atoms with Crippen LogP contribution < -0.4 is 10.6 Å². The van der Waals surface area contributed by atoms with Crippen molar-refractivity contribution in [3.05, 3.63) is 23.9 Å². The van der Waals surface area contributed by atoms with Gasteiger partial charge in [-0.15, -0.1) is 0 Å². The number of ether oxygens (including phenoxy) is 1. The summed E-state index contributed by atoms with van der Waals surface area (Å²) in [6, 6.07) is 4.21. The third kappa shape index (κ3) is 4.98. The van der Waals surface area contributed by atoms with Gasteiger partial charge in [-0.2, -0.15) is 0 Å². The van der Waals surface area contributed by atoms with Crippen LogP contribution in [0.1, 0.15) is 49.4 Å². The first-order chi connectivity index (χ1) is 10.7. The molecule has 2 N–H and O–H groups in total. The molecule has 1 saturated carbocycles. The highest BCUT2D eigenvalue weighted by molar-refractivity contribution is 5.94. The van der Waals surface area contributed by atoms with Crippen molar-refractivity contribution in [2.75, 3.05) is 25.6 Å². The highest BCUT2D eigenvalue weighted by Gasteiger charge is 2.20. The summed E-state index contributed by atoms with van der Waals surface area (Å²) in [4.78, 5) is 16.2. The maximum absolute atomic E-state index is 11.9. The Morgan fingerprint density at radius 2 is 2.27 bits per heavy atom. The van der Waals surface area contributed by atoms with Gasteiger partial charge in [0.1, 0.15) is 5.82 Å². The Morgan fingerprint density at radius 1 is 1.41 bits per heavy atom. The molecule has 2 atom stereocenters. The molecule has 1 fully saturated rings. The number of carbonyl (C=O) groups excluding carboxylic acids is 1. The molecule has 1 amide bonds. The zero-order valence-electron chi connectivity index (χ0n) is 13.6. The molecule has 2 unspecified atom stereocenters. The molecule has 0 spiro atoms. The maximum atomic E-state index is 11.9. The third-order valence-electron chi connectivity index (χ3n) is 4.33. The van der Waals surface area contributed by atoms with E-state index in [-0.39, 0.29) is 5.91 Å². The van der Waals surface area contributed by atoms with Crippen molar-refractivity contribution in [2.24, 2.45) is 5.92 Å². The van der Waals surface area contributed by atoms with Gasteiger partial charge in [-0.05, 0) is 30.9 Å². The van der Waals surface area contributed by atoms with Crippen molar-refractivity contribution in [2.45, 2.75) is 45.1 Å². The van der Waals surface area contributed by atoms with Crippen LogP contribution in [0.15, 0.2) is 18.3 Å². The summed E-state index contributed by atoms with van der Waals surface area (Å²) in [6.45, 7) is 3.29. The van der Waals surface area contributed by atoms with E-state index in [2.05, 4.69) is 22.5 Å². The van der Waals surface area contributed by atoms with Crippen molar-refractivity contribution in [1.82, 2.24) is 10.3 Å². The average Bonchev–Trinajstić information content (AvgIpc) is 2.56. The standard InChI is InChI=1S/C17H27N3O2/c1-3-13-5-4-6-15(11-13)20-16-8-7-14(12-19-16)17(21)18-9-10-22-2/h7-8,12-13,15H,3-6,9-11H2,1-2H3,(H,18,21)(H,19,20). The van der Waals surface area contributed by atoms with Gasteiger partial charge >= 0.3 is 0 Å². The van der Waals surface area contributed by atoms with E-state index in [1.165, 1.54) is 32.1 Å². The van der Waals surface area contributed by atoms with Crippen LogP contribution in [-0.4, -0.2) is 37.2 Å². The number of hydrogen-bond acceptors (Lipinski definition) is 4. The van der Waals surface area contributed by atoms with Crippen LogP contribution in [0.3, 0.4) is 0 Å². The molecule has 0 aliphatic heterocycles. The predicted molar refractivity (Wildman–Crippen MR) is 88.1 cm³/mol. The van der Waals surface area contributed by atoms with E-state index >= 15 is 0 Å².